The zero-order valence-corrected chi connectivity index (χ0v) is 16.0. The number of carbonyl (C=O) groups is 1. The summed E-state index contributed by atoms with van der Waals surface area (Å²) in [6.45, 7) is 12.1. The van der Waals surface area contributed by atoms with Crippen LogP contribution in [0.4, 0.5) is 10.5 Å². The molecule has 1 aromatic heterocycles. The summed E-state index contributed by atoms with van der Waals surface area (Å²) >= 11 is 0. The molecule has 0 saturated carbocycles. The number of piperazine rings is 1. The third-order valence-electron chi connectivity index (χ3n) is 4.64. The highest BCUT2D eigenvalue weighted by molar-refractivity contribution is 5.85. The smallest absolute Gasteiger partial charge is 0.410 e. The molecule has 6 nitrogen and oxygen atoms in total. The Morgan fingerprint density at radius 2 is 2.00 bits per heavy atom. The van der Waals surface area contributed by atoms with Gasteiger partial charge >= 0.3 is 6.09 Å². The minimum absolute atomic E-state index is 0.104. The van der Waals surface area contributed by atoms with Gasteiger partial charge in [-0.05, 0) is 52.8 Å². The fraction of sp³-hybridized carbons (Fsp3) is 0.579. The van der Waals surface area contributed by atoms with Crippen LogP contribution >= 0.6 is 0 Å². The lowest BCUT2D eigenvalue weighted by Gasteiger charge is -2.41. The minimum Gasteiger partial charge on any atom is -0.444 e. The lowest BCUT2D eigenvalue weighted by molar-refractivity contribution is 0.0159. The molecule has 25 heavy (non-hydrogen) atoms. The highest BCUT2D eigenvalue weighted by Crippen LogP contribution is 2.26. The summed E-state index contributed by atoms with van der Waals surface area (Å²) in [5.74, 6) is 0. The van der Waals surface area contributed by atoms with Crippen molar-refractivity contribution in [1.29, 1.82) is 0 Å². The molecule has 0 radical (unpaired) electrons. The number of hydrogen-bond donors (Lipinski definition) is 0. The van der Waals surface area contributed by atoms with Crippen LogP contribution < -0.4 is 4.90 Å². The highest BCUT2D eigenvalue weighted by Gasteiger charge is 2.31. The molecule has 1 fully saturated rings. The summed E-state index contributed by atoms with van der Waals surface area (Å²) in [5.41, 5.74) is 2.90. The van der Waals surface area contributed by atoms with E-state index >= 15 is 0 Å². The molecule has 1 aliphatic rings. The summed E-state index contributed by atoms with van der Waals surface area (Å²) in [6.07, 6.45) is -0.225. The predicted octanol–water partition coefficient (Wildman–Crippen LogP) is 3.33. The molecule has 1 saturated heterocycles. The van der Waals surface area contributed by atoms with Gasteiger partial charge in [-0.15, -0.1) is 0 Å². The molecule has 1 aliphatic heterocycles. The molecular weight excluding hydrogens is 316 g/mol. The van der Waals surface area contributed by atoms with Crippen molar-refractivity contribution in [2.45, 2.75) is 46.3 Å². The van der Waals surface area contributed by atoms with Gasteiger partial charge in [-0.3, -0.25) is 4.68 Å². The molecule has 2 aromatic rings. The average molecular weight is 344 g/mol. The Morgan fingerprint density at radius 1 is 1.28 bits per heavy atom. The van der Waals surface area contributed by atoms with Crippen LogP contribution in [0.2, 0.25) is 0 Å². The predicted molar refractivity (Wildman–Crippen MR) is 100 cm³/mol. The second-order valence-corrected chi connectivity index (χ2v) is 7.88. The summed E-state index contributed by atoms with van der Waals surface area (Å²) in [6, 6.07) is 6.57. The van der Waals surface area contributed by atoms with E-state index in [9.17, 15) is 4.79 Å². The number of hydrogen-bond acceptors (Lipinski definition) is 4. The molecule has 1 amide bonds. The van der Waals surface area contributed by atoms with E-state index < -0.39 is 5.60 Å². The minimum atomic E-state index is -0.462. The SMILES string of the molecule is Cc1nn(C)c2cc(N3CCN(C(=O)OC(C)(C)C)[C@H](C)C3)ccc12. The first-order valence-electron chi connectivity index (χ1n) is 8.83. The van der Waals surface area contributed by atoms with Crippen molar-refractivity contribution in [3.8, 4) is 0 Å². The van der Waals surface area contributed by atoms with Gasteiger partial charge in [-0.2, -0.15) is 5.10 Å². The summed E-state index contributed by atoms with van der Waals surface area (Å²) in [5, 5.41) is 5.68. The lowest BCUT2D eigenvalue weighted by atomic mass is 10.1. The summed E-state index contributed by atoms with van der Waals surface area (Å²) < 4.78 is 7.45. The van der Waals surface area contributed by atoms with Gasteiger partial charge in [-0.1, -0.05) is 0 Å². The fourth-order valence-electron chi connectivity index (χ4n) is 3.41. The maximum atomic E-state index is 12.4. The Morgan fingerprint density at radius 3 is 2.64 bits per heavy atom. The van der Waals surface area contributed by atoms with Gasteiger partial charge in [0.1, 0.15) is 5.60 Å². The molecule has 6 heteroatoms. The van der Waals surface area contributed by atoms with E-state index in [0.717, 1.165) is 24.3 Å². The van der Waals surface area contributed by atoms with E-state index in [1.165, 1.54) is 11.1 Å². The Labute approximate surface area is 149 Å². The number of ether oxygens (including phenoxy) is 1. The van der Waals surface area contributed by atoms with E-state index in [4.69, 9.17) is 4.74 Å². The van der Waals surface area contributed by atoms with E-state index in [-0.39, 0.29) is 12.1 Å². The molecule has 136 valence electrons. The molecule has 0 unspecified atom stereocenters. The maximum Gasteiger partial charge on any atom is 0.410 e. The van der Waals surface area contributed by atoms with E-state index in [0.29, 0.717) is 6.54 Å². The average Bonchev–Trinajstić information content (AvgIpc) is 2.79. The Bertz CT molecular complexity index is 791. The summed E-state index contributed by atoms with van der Waals surface area (Å²) in [7, 11) is 1.97. The van der Waals surface area contributed by atoms with Crippen molar-refractivity contribution >= 4 is 22.7 Å². The van der Waals surface area contributed by atoms with E-state index in [1.807, 2.05) is 44.3 Å². The summed E-state index contributed by atoms with van der Waals surface area (Å²) in [4.78, 5) is 16.5. The fourth-order valence-corrected chi connectivity index (χ4v) is 3.41. The van der Waals surface area contributed by atoms with Crippen LogP contribution in [0.25, 0.3) is 10.9 Å². The molecule has 1 aromatic carbocycles. The number of anilines is 1. The Kier molecular flexibility index (Phi) is 4.39. The number of carbonyl (C=O) groups excluding carboxylic acids is 1. The largest absolute Gasteiger partial charge is 0.444 e. The zero-order valence-electron chi connectivity index (χ0n) is 16.0. The second kappa shape index (κ2) is 6.24. The molecular formula is C19H28N4O2. The van der Waals surface area contributed by atoms with Crippen LogP contribution in [0.5, 0.6) is 0 Å². The van der Waals surface area contributed by atoms with E-state index in [1.54, 1.807) is 0 Å². The van der Waals surface area contributed by atoms with Crippen LogP contribution in [0.15, 0.2) is 18.2 Å². The van der Waals surface area contributed by atoms with Crippen molar-refractivity contribution in [3.63, 3.8) is 0 Å². The Hall–Kier alpha value is -2.24. The van der Waals surface area contributed by atoms with Crippen LogP contribution in [-0.2, 0) is 11.8 Å². The third kappa shape index (κ3) is 3.57. The maximum absolute atomic E-state index is 12.4. The molecule has 1 atom stereocenters. The molecule has 0 N–H and O–H groups in total. The number of benzene rings is 1. The van der Waals surface area contributed by atoms with E-state index in [2.05, 4.69) is 35.1 Å². The Balaban J connectivity index is 1.75. The molecule has 2 heterocycles. The van der Waals surface area contributed by atoms with Crippen molar-refractivity contribution in [2.75, 3.05) is 24.5 Å². The van der Waals surface area contributed by atoms with Crippen molar-refractivity contribution in [2.24, 2.45) is 7.05 Å². The number of rotatable bonds is 1. The van der Waals surface area contributed by atoms with Gasteiger partial charge in [0.05, 0.1) is 11.2 Å². The van der Waals surface area contributed by atoms with Gasteiger partial charge in [0.25, 0.3) is 0 Å². The highest BCUT2D eigenvalue weighted by atomic mass is 16.6. The zero-order chi connectivity index (χ0) is 18.4. The third-order valence-corrected chi connectivity index (χ3v) is 4.64. The number of aryl methyl sites for hydroxylation is 2. The topological polar surface area (TPSA) is 50.6 Å². The van der Waals surface area contributed by atoms with Crippen LogP contribution in [0.1, 0.15) is 33.4 Å². The monoisotopic (exact) mass is 344 g/mol. The first-order valence-corrected chi connectivity index (χ1v) is 8.83. The van der Waals surface area contributed by atoms with Crippen molar-refractivity contribution in [1.82, 2.24) is 14.7 Å². The number of nitrogens with zero attached hydrogens (tertiary/aromatic N) is 4. The van der Waals surface area contributed by atoms with Crippen LogP contribution in [0, 0.1) is 6.92 Å². The normalized spacial score (nSPS) is 18.7. The molecule has 0 bridgehead atoms. The van der Waals surface area contributed by atoms with Gasteiger partial charge in [0.15, 0.2) is 0 Å². The first kappa shape index (κ1) is 17.6. The number of fused-ring (bicyclic) bond motifs is 1. The quantitative estimate of drug-likeness (QED) is 0.796. The van der Waals surface area contributed by atoms with Gasteiger partial charge < -0.3 is 14.5 Å². The van der Waals surface area contributed by atoms with Crippen molar-refractivity contribution < 1.29 is 9.53 Å². The number of amides is 1. The van der Waals surface area contributed by atoms with Crippen LogP contribution in [0.3, 0.4) is 0 Å². The number of aromatic nitrogens is 2. The molecule has 0 aliphatic carbocycles. The van der Waals surface area contributed by atoms with Gasteiger partial charge in [-0.25, -0.2) is 4.79 Å². The first-order chi connectivity index (χ1) is 11.7. The van der Waals surface area contributed by atoms with Gasteiger partial charge in [0, 0.05) is 43.8 Å². The lowest BCUT2D eigenvalue weighted by Crippen LogP contribution is -2.55. The molecule has 3 rings (SSSR count). The van der Waals surface area contributed by atoms with Crippen LogP contribution in [-0.4, -0.2) is 52.1 Å². The van der Waals surface area contributed by atoms with Gasteiger partial charge in [0.2, 0.25) is 0 Å². The second-order valence-electron chi connectivity index (χ2n) is 7.88. The van der Waals surface area contributed by atoms with Crippen molar-refractivity contribution in [3.05, 3.63) is 23.9 Å². The molecule has 0 spiro atoms. The standard InChI is InChI=1S/C19H28N4O2/c1-13-12-22(9-10-23(13)18(24)25-19(3,4)5)15-7-8-16-14(2)20-21(6)17(16)11-15/h7-8,11,13H,9-10,12H2,1-6H3/t13-/m1/s1.